The van der Waals surface area contributed by atoms with Crippen LogP contribution >= 0.6 is 15.9 Å². The largest absolute Gasteiger partial charge is 0.349 e. The highest BCUT2D eigenvalue weighted by Crippen LogP contribution is 2.23. The van der Waals surface area contributed by atoms with Gasteiger partial charge in [-0.05, 0) is 59.0 Å². The second-order valence-corrected chi connectivity index (χ2v) is 6.18. The number of halogens is 1. The molecule has 20 heavy (non-hydrogen) atoms. The smallest absolute Gasteiger partial charge is 0.252 e. The molecule has 0 bridgehead atoms. The van der Waals surface area contributed by atoms with Crippen molar-refractivity contribution < 1.29 is 4.79 Å². The van der Waals surface area contributed by atoms with Gasteiger partial charge in [-0.1, -0.05) is 35.9 Å². The van der Waals surface area contributed by atoms with Gasteiger partial charge in [0.2, 0.25) is 0 Å². The van der Waals surface area contributed by atoms with Crippen LogP contribution in [0.25, 0.3) is 0 Å². The number of nitrogens with one attached hydrogen (secondary N) is 1. The summed E-state index contributed by atoms with van der Waals surface area (Å²) in [6.45, 7) is 1.99. The molecule has 1 amide bonds. The fourth-order valence-electron chi connectivity index (χ4n) is 2.74. The van der Waals surface area contributed by atoms with Crippen molar-refractivity contribution in [3.05, 3.63) is 69.2 Å². The van der Waals surface area contributed by atoms with Crippen molar-refractivity contribution in [2.45, 2.75) is 25.8 Å². The van der Waals surface area contributed by atoms with Crippen LogP contribution in [0.15, 0.2) is 46.9 Å². The van der Waals surface area contributed by atoms with Crippen LogP contribution in [0.2, 0.25) is 0 Å². The quantitative estimate of drug-likeness (QED) is 0.895. The van der Waals surface area contributed by atoms with Crippen molar-refractivity contribution in [3.8, 4) is 0 Å². The molecule has 0 aliphatic heterocycles. The molecule has 102 valence electrons. The molecule has 0 aromatic heterocycles. The van der Waals surface area contributed by atoms with Crippen LogP contribution in [-0.4, -0.2) is 11.9 Å². The van der Waals surface area contributed by atoms with E-state index < -0.39 is 0 Å². The average molecular weight is 330 g/mol. The molecule has 0 radical (unpaired) electrons. The van der Waals surface area contributed by atoms with Gasteiger partial charge in [-0.15, -0.1) is 0 Å². The van der Waals surface area contributed by atoms with Gasteiger partial charge in [0.1, 0.15) is 0 Å². The van der Waals surface area contributed by atoms with E-state index in [1.54, 1.807) is 0 Å². The van der Waals surface area contributed by atoms with Gasteiger partial charge in [0, 0.05) is 10.5 Å². The maximum atomic E-state index is 12.4. The van der Waals surface area contributed by atoms with Crippen molar-refractivity contribution >= 4 is 21.8 Å². The fraction of sp³-hybridized carbons (Fsp3) is 0.235. The average Bonchev–Trinajstić information content (AvgIpc) is 2.83. The number of rotatable bonds is 2. The van der Waals surface area contributed by atoms with Crippen LogP contribution in [0.1, 0.15) is 27.0 Å². The standard InChI is InChI=1S/C17H16BrNO/c1-11-6-7-16(18)15(8-11)17(20)19-14-9-12-4-2-3-5-13(12)10-14/h2-8,14H,9-10H2,1H3,(H,19,20). The maximum Gasteiger partial charge on any atom is 0.252 e. The summed E-state index contributed by atoms with van der Waals surface area (Å²) in [6.07, 6.45) is 1.84. The Balaban J connectivity index is 1.74. The summed E-state index contributed by atoms with van der Waals surface area (Å²) in [5.74, 6) is -0.00150. The topological polar surface area (TPSA) is 29.1 Å². The number of hydrogen-bond acceptors (Lipinski definition) is 1. The van der Waals surface area contributed by atoms with E-state index in [1.807, 2.05) is 25.1 Å². The van der Waals surface area contributed by atoms with Gasteiger partial charge in [-0.2, -0.15) is 0 Å². The Morgan fingerprint density at radius 1 is 1.15 bits per heavy atom. The van der Waals surface area contributed by atoms with E-state index in [-0.39, 0.29) is 11.9 Å². The molecule has 3 heteroatoms. The number of aryl methyl sites for hydroxylation is 1. The molecule has 0 heterocycles. The Hall–Kier alpha value is -1.61. The predicted octanol–water partition coefficient (Wildman–Crippen LogP) is 3.65. The van der Waals surface area contributed by atoms with E-state index in [0.717, 1.165) is 22.9 Å². The number of carbonyl (C=O) groups excluding carboxylic acids is 1. The highest BCUT2D eigenvalue weighted by Gasteiger charge is 2.23. The lowest BCUT2D eigenvalue weighted by Gasteiger charge is -2.13. The van der Waals surface area contributed by atoms with Crippen molar-refractivity contribution in [2.75, 3.05) is 0 Å². The Morgan fingerprint density at radius 2 is 1.80 bits per heavy atom. The van der Waals surface area contributed by atoms with Crippen molar-refractivity contribution in [2.24, 2.45) is 0 Å². The summed E-state index contributed by atoms with van der Waals surface area (Å²) in [7, 11) is 0. The Labute approximate surface area is 127 Å². The van der Waals surface area contributed by atoms with Gasteiger partial charge in [-0.3, -0.25) is 4.79 Å². The molecule has 2 aromatic carbocycles. The lowest BCUT2D eigenvalue weighted by molar-refractivity contribution is 0.0937. The van der Waals surface area contributed by atoms with Crippen molar-refractivity contribution in [3.63, 3.8) is 0 Å². The molecule has 1 aliphatic carbocycles. The van der Waals surface area contributed by atoms with Crippen LogP contribution < -0.4 is 5.32 Å². The second-order valence-electron chi connectivity index (χ2n) is 5.33. The zero-order chi connectivity index (χ0) is 14.1. The molecule has 0 fully saturated rings. The molecule has 2 aromatic rings. The zero-order valence-electron chi connectivity index (χ0n) is 11.3. The third-order valence-electron chi connectivity index (χ3n) is 3.75. The number of hydrogen-bond donors (Lipinski definition) is 1. The molecule has 0 spiro atoms. The summed E-state index contributed by atoms with van der Waals surface area (Å²) >= 11 is 3.45. The first kappa shape index (κ1) is 13.4. The van der Waals surface area contributed by atoms with Crippen LogP contribution in [0.4, 0.5) is 0 Å². The maximum absolute atomic E-state index is 12.4. The lowest BCUT2D eigenvalue weighted by atomic mass is 10.1. The molecule has 0 unspecified atom stereocenters. The van der Waals surface area contributed by atoms with Gasteiger partial charge in [0.25, 0.3) is 5.91 Å². The van der Waals surface area contributed by atoms with Crippen LogP contribution in [0, 0.1) is 6.92 Å². The molecule has 1 N–H and O–H groups in total. The first-order valence-electron chi connectivity index (χ1n) is 6.77. The van der Waals surface area contributed by atoms with E-state index >= 15 is 0 Å². The summed E-state index contributed by atoms with van der Waals surface area (Å²) < 4.78 is 0.844. The Kier molecular flexibility index (Phi) is 3.62. The van der Waals surface area contributed by atoms with Crippen LogP contribution in [0.5, 0.6) is 0 Å². The minimum absolute atomic E-state index is 0.00150. The van der Waals surface area contributed by atoms with E-state index in [2.05, 4.69) is 45.5 Å². The molecule has 0 atom stereocenters. The Morgan fingerprint density at radius 3 is 2.45 bits per heavy atom. The monoisotopic (exact) mass is 329 g/mol. The van der Waals surface area contributed by atoms with Crippen molar-refractivity contribution in [1.29, 1.82) is 0 Å². The molecule has 3 rings (SSSR count). The van der Waals surface area contributed by atoms with Gasteiger partial charge in [-0.25, -0.2) is 0 Å². The fourth-order valence-corrected chi connectivity index (χ4v) is 3.16. The molecular formula is C17H16BrNO. The molecule has 0 saturated carbocycles. The number of fused-ring (bicyclic) bond motifs is 1. The highest BCUT2D eigenvalue weighted by molar-refractivity contribution is 9.10. The molecule has 2 nitrogen and oxygen atoms in total. The summed E-state index contributed by atoms with van der Waals surface area (Å²) in [5.41, 5.74) is 4.50. The first-order valence-corrected chi connectivity index (χ1v) is 7.56. The Bertz CT molecular complexity index is 641. The summed E-state index contributed by atoms with van der Waals surface area (Å²) in [5, 5.41) is 3.14. The number of benzene rings is 2. The molecule has 1 aliphatic rings. The predicted molar refractivity (Wildman–Crippen MR) is 84.0 cm³/mol. The van der Waals surface area contributed by atoms with Crippen molar-refractivity contribution in [1.82, 2.24) is 5.32 Å². The minimum atomic E-state index is -0.00150. The van der Waals surface area contributed by atoms with Gasteiger partial charge in [0.15, 0.2) is 0 Å². The zero-order valence-corrected chi connectivity index (χ0v) is 12.9. The number of amides is 1. The third kappa shape index (κ3) is 2.63. The highest BCUT2D eigenvalue weighted by atomic mass is 79.9. The third-order valence-corrected chi connectivity index (χ3v) is 4.44. The van der Waals surface area contributed by atoms with Gasteiger partial charge >= 0.3 is 0 Å². The second kappa shape index (κ2) is 5.41. The van der Waals surface area contributed by atoms with E-state index in [4.69, 9.17) is 0 Å². The van der Waals surface area contributed by atoms with Gasteiger partial charge < -0.3 is 5.32 Å². The summed E-state index contributed by atoms with van der Waals surface area (Å²) in [4.78, 5) is 12.4. The van der Waals surface area contributed by atoms with Crippen LogP contribution in [0.3, 0.4) is 0 Å². The van der Waals surface area contributed by atoms with E-state index in [1.165, 1.54) is 11.1 Å². The minimum Gasteiger partial charge on any atom is -0.349 e. The van der Waals surface area contributed by atoms with Gasteiger partial charge in [0.05, 0.1) is 5.56 Å². The van der Waals surface area contributed by atoms with E-state index in [0.29, 0.717) is 5.56 Å². The first-order chi connectivity index (χ1) is 9.63. The lowest BCUT2D eigenvalue weighted by Crippen LogP contribution is -2.35. The van der Waals surface area contributed by atoms with Crippen LogP contribution in [-0.2, 0) is 12.8 Å². The van der Waals surface area contributed by atoms with E-state index in [9.17, 15) is 4.79 Å². The SMILES string of the molecule is Cc1ccc(Br)c(C(=O)NC2Cc3ccccc3C2)c1. The normalized spacial score (nSPS) is 14.1. The molecular weight excluding hydrogens is 314 g/mol. The molecule has 0 saturated heterocycles. The summed E-state index contributed by atoms with van der Waals surface area (Å²) in [6, 6.07) is 14.4. The number of carbonyl (C=O) groups is 1.